The molecule has 2 unspecified atom stereocenters. The van der Waals surface area contributed by atoms with Crippen molar-refractivity contribution in [3.8, 4) is 0 Å². The maximum atomic E-state index is 11.9. The molecule has 0 heterocycles. The van der Waals surface area contributed by atoms with Crippen LogP contribution in [0, 0.1) is 0 Å². The standard InChI is InChI=1S/C11H22O2S2/c1-2-3-9-14(12)10-15(13)11-7-5-4-6-8-11/h11H,2-10H2,1H3. The fourth-order valence-corrected chi connectivity index (χ4v) is 5.67. The topological polar surface area (TPSA) is 34.1 Å². The van der Waals surface area contributed by atoms with Crippen LogP contribution in [-0.4, -0.2) is 24.5 Å². The van der Waals surface area contributed by atoms with Gasteiger partial charge in [0.1, 0.15) is 0 Å². The molecule has 1 rings (SSSR count). The SMILES string of the molecule is CCCCS(=O)CS(=O)C1CCCCC1. The van der Waals surface area contributed by atoms with Crippen molar-refractivity contribution in [3.05, 3.63) is 0 Å². The Kier molecular flexibility index (Phi) is 6.73. The van der Waals surface area contributed by atoms with Crippen LogP contribution in [0.25, 0.3) is 0 Å². The second-order valence-corrected chi connectivity index (χ2v) is 7.91. The van der Waals surface area contributed by atoms with Crippen molar-refractivity contribution in [2.75, 3.05) is 10.8 Å². The first-order chi connectivity index (χ1) is 7.24. The molecule has 1 saturated carbocycles. The summed E-state index contributed by atoms with van der Waals surface area (Å²) in [6.07, 6.45) is 7.92. The third-order valence-corrected chi connectivity index (χ3v) is 6.84. The van der Waals surface area contributed by atoms with Crippen LogP contribution in [0.4, 0.5) is 0 Å². The molecule has 1 aliphatic carbocycles. The maximum absolute atomic E-state index is 11.9. The second kappa shape index (κ2) is 7.55. The monoisotopic (exact) mass is 250 g/mol. The Hall–Kier alpha value is 0.300. The molecular formula is C11H22O2S2. The van der Waals surface area contributed by atoms with Crippen molar-refractivity contribution in [2.24, 2.45) is 0 Å². The van der Waals surface area contributed by atoms with Gasteiger partial charge in [-0.25, -0.2) is 0 Å². The van der Waals surface area contributed by atoms with Crippen molar-refractivity contribution in [1.29, 1.82) is 0 Å². The molecular weight excluding hydrogens is 228 g/mol. The van der Waals surface area contributed by atoms with Crippen molar-refractivity contribution >= 4 is 21.6 Å². The molecule has 15 heavy (non-hydrogen) atoms. The lowest BCUT2D eigenvalue weighted by atomic mass is 10.0. The third kappa shape index (κ3) is 5.25. The second-order valence-electron chi connectivity index (χ2n) is 4.26. The predicted molar refractivity (Wildman–Crippen MR) is 67.8 cm³/mol. The van der Waals surface area contributed by atoms with Crippen LogP contribution in [-0.2, 0) is 21.6 Å². The van der Waals surface area contributed by atoms with Gasteiger partial charge in [-0.1, -0.05) is 32.6 Å². The highest BCUT2D eigenvalue weighted by atomic mass is 32.2. The fourth-order valence-electron chi connectivity index (χ4n) is 1.92. The minimum Gasteiger partial charge on any atom is -0.259 e. The van der Waals surface area contributed by atoms with Gasteiger partial charge in [-0.2, -0.15) is 0 Å². The van der Waals surface area contributed by atoms with E-state index >= 15 is 0 Å². The quantitative estimate of drug-likeness (QED) is 0.726. The van der Waals surface area contributed by atoms with E-state index in [1.165, 1.54) is 19.3 Å². The van der Waals surface area contributed by atoms with E-state index in [-0.39, 0.29) is 0 Å². The maximum Gasteiger partial charge on any atom is 0.0994 e. The Morgan fingerprint density at radius 1 is 1.13 bits per heavy atom. The van der Waals surface area contributed by atoms with Gasteiger partial charge in [0.15, 0.2) is 0 Å². The Labute approximate surface area is 98.1 Å². The highest BCUT2D eigenvalue weighted by Gasteiger charge is 2.20. The summed E-state index contributed by atoms with van der Waals surface area (Å²) in [4.78, 5) is 0. The van der Waals surface area contributed by atoms with Gasteiger partial charge in [0.25, 0.3) is 0 Å². The van der Waals surface area contributed by atoms with Gasteiger partial charge in [-0.05, 0) is 19.3 Å². The van der Waals surface area contributed by atoms with E-state index in [0.717, 1.165) is 31.4 Å². The predicted octanol–water partition coefficient (Wildman–Crippen LogP) is 2.57. The van der Waals surface area contributed by atoms with Crippen molar-refractivity contribution in [1.82, 2.24) is 0 Å². The van der Waals surface area contributed by atoms with Crippen LogP contribution in [0.15, 0.2) is 0 Å². The summed E-state index contributed by atoms with van der Waals surface area (Å²) in [6, 6.07) is 0. The third-order valence-electron chi connectivity index (χ3n) is 2.90. The van der Waals surface area contributed by atoms with Gasteiger partial charge in [-0.15, -0.1) is 0 Å². The Balaban J connectivity index is 2.24. The van der Waals surface area contributed by atoms with Gasteiger partial charge in [0.05, 0.1) is 5.08 Å². The van der Waals surface area contributed by atoms with Gasteiger partial charge in [0.2, 0.25) is 0 Å². The minimum atomic E-state index is -0.852. The van der Waals surface area contributed by atoms with E-state index < -0.39 is 21.6 Å². The Bertz CT molecular complexity index is 223. The number of rotatable bonds is 6. The molecule has 0 aromatic rings. The van der Waals surface area contributed by atoms with E-state index in [2.05, 4.69) is 6.92 Å². The Morgan fingerprint density at radius 3 is 2.40 bits per heavy atom. The van der Waals surface area contributed by atoms with E-state index in [1.54, 1.807) is 0 Å². The average molecular weight is 250 g/mol. The summed E-state index contributed by atoms with van der Waals surface area (Å²) in [7, 11) is -1.69. The zero-order chi connectivity index (χ0) is 11.1. The molecule has 2 nitrogen and oxygen atoms in total. The molecule has 0 saturated heterocycles. The van der Waals surface area contributed by atoms with Crippen LogP contribution in [0.2, 0.25) is 0 Å². The summed E-state index contributed by atoms with van der Waals surface area (Å²) >= 11 is 0. The van der Waals surface area contributed by atoms with Gasteiger partial charge in [0, 0.05) is 32.6 Å². The summed E-state index contributed by atoms with van der Waals surface area (Å²) in [6.45, 7) is 2.09. The minimum absolute atomic E-state index is 0.337. The van der Waals surface area contributed by atoms with Gasteiger partial charge in [-0.3, -0.25) is 8.42 Å². The lowest BCUT2D eigenvalue weighted by Gasteiger charge is -2.20. The number of hydrogen-bond donors (Lipinski definition) is 0. The van der Waals surface area contributed by atoms with E-state index in [4.69, 9.17) is 0 Å². The molecule has 0 spiro atoms. The van der Waals surface area contributed by atoms with Crippen molar-refractivity contribution in [3.63, 3.8) is 0 Å². The zero-order valence-corrected chi connectivity index (χ0v) is 11.2. The highest BCUT2D eigenvalue weighted by molar-refractivity contribution is 8.02. The average Bonchev–Trinajstić information content (AvgIpc) is 2.27. The molecule has 0 aromatic carbocycles. The van der Waals surface area contributed by atoms with Gasteiger partial charge < -0.3 is 0 Å². The van der Waals surface area contributed by atoms with E-state index in [0.29, 0.717) is 10.3 Å². The van der Waals surface area contributed by atoms with E-state index in [1.807, 2.05) is 0 Å². The largest absolute Gasteiger partial charge is 0.259 e. The van der Waals surface area contributed by atoms with Crippen LogP contribution in [0.5, 0.6) is 0 Å². The lowest BCUT2D eigenvalue weighted by molar-refractivity contribution is 0.505. The molecule has 2 atom stereocenters. The van der Waals surface area contributed by atoms with Crippen LogP contribution in [0.1, 0.15) is 51.9 Å². The number of unbranched alkanes of at least 4 members (excludes halogenated alkanes) is 1. The first-order valence-corrected chi connectivity index (χ1v) is 8.83. The van der Waals surface area contributed by atoms with Crippen LogP contribution >= 0.6 is 0 Å². The fraction of sp³-hybridized carbons (Fsp3) is 1.00. The Morgan fingerprint density at radius 2 is 1.80 bits per heavy atom. The molecule has 0 N–H and O–H groups in total. The smallest absolute Gasteiger partial charge is 0.0994 e. The molecule has 0 radical (unpaired) electrons. The first kappa shape index (κ1) is 13.4. The molecule has 0 aliphatic heterocycles. The van der Waals surface area contributed by atoms with E-state index in [9.17, 15) is 8.42 Å². The summed E-state index contributed by atoms with van der Waals surface area (Å²) in [5.41, 5.74) is 0. The van der Waals surface area contributed by atoms with Gasteiger partial charge >= 0.3 is 0 Å². The molecule has 0 bridgehead atoms. The van der Waals surface area contributed by atoms with Crippen LogP contribution in [0.3, 0.4) is 0 Å². The summed E-state index contributed by atoms with van der Waals surface area (Å²) in [5, 5.41) is 0.759. The van der Waals surface area contributed by atoms with Crippen LogP contribution < -0.4 is 0 Å². The molecule has 0 amide bonds. The highest BCUT2D eigenvalue weighted by Crippen LogP contribution is 2.22. The van der Waals surface area contributed by atoms with Crippen molar-refractivity contribution in [2.45, 2.75) is 57.1 Å². The molecule has 1 aliphatic rings. The summed E-state index contributed by atoms with van der Waals surface area (Å²) in [5.74, 6) is 0.731. The lowest BCUT2D eigenvalue weighted by Crippen LogP contribution is -2.23. The number of hydrogen-bond acceptors (Lipinski definition) is 2. The normalized spacial score (nSPS) is 22.5. The summed E-state index contributed by atoms with van der Waals surface area (Å²) < 4.78 is 23.5. The molecule has 1 fully saturated rings. The molecule has 4 heteroatoms. The molecule has 0 aromatic heterocycles. The molecule has 90 valence electrons. The zero-order valence-electron chi connectivity index (χ0n) is 9.57. The van der Waals surface area contributed by atoms with Crippen molar-refractivity contribution < 1.29 is 8.42 Å². The first-order valence-electron chi connectivity index (χ1n) is 5.96.